The van der Waals surface area contributed by atoms with Gasteiger partial charge in [-0.25, -0.2) is 0 Å². The molecule has 2 unspecified atom stereocenters. The van der Waals surface area contributed by atoms with E-state index in [0.29, 0.717) is 0 Å². The van der Waals surface area contributed by atoms with Crippen LogP contribution in [0.25, 0.3) is 6.08 Å². The predicted molar refractivity (Wildman–Crippen MR) is 96.8 cm³/mol. The first-order chi connectivity index (χ1) is 11.7. The minimum absolute atomic E-state index is 0.00959. The fourth-order valence-corrected chi connectivity index (χ4v) is 2.33. The number of methoxy groups -OCH3 is 1. The third kappa shape index (κ3) is 5.81. The van der Waals surface area contributed by atoms with Gasteiger partial charge in [-0.1, -0.05) is 48.5 Å². The van der Waals surface area contributed by atoms with Gasteiger partial charge in [0.1, 0.15) is 11.9 Å². The number of hydrogen-bond acceptors (Lipinski definition) is 4. The number of aliphatic hydroxyl groups excluding tert-OH is 1. The van der Waals surface area contributed by atoms with Gasteiger partial charge in [0.2, 0.25) is 0 Å². The van der Waals surface area contributed by atoms with Crippen molar-refractivity contribution in [2.24, 2.45) is 0 Å². The van der Waals surface area contributed by atoms with Gasteiger partial charge in [-0.05, 0) is 42.9 Å². The average molecular weight is 327 g/mol. The highest BCUT2D eigenvalue weighted by molar-refractivity contribution is 5.50. The van der Waals surface area contributed by atoms with E-state index in [-0.39, 0.29) is 6.10 Å². The second-order valence-corrected chi connectivity index (χ2v) is 5.46. The standard InChI is InChI=1S/C20H25NO3/c1-21-15-14-19(17-6-4-3-5-7-17)24-18-11-8-16(9-12-18)10-13-20(22)23-2/h3-13,19-22H,14-15H2,1-2H3. The largest absolute Gasteiger partial charge is 0.486 e. The van der Waals surface area contributed by atoms with Gasteiger partial charge < -0.3 is 19.9 Å². The van der Waals surface area contributed by atoms with E-state index in [1.807, 2.05) is 55.6 Å². The van der Waals surface area contributed by atoms with E-state index in [0.717, 1.165) is 24.3 Å². The molecular formula is C20H25NO3. The SMILES string of the molecule is CNCCC(Oc1ccc(C=CC(O)OC)cc1)c1ccccc1. The highest BCUT2D eigenvalue weighted by Gasteiger charge is 2.12. The Balaban J connectivity index is 2.05. The maximum absolute atomic E-state index is 9.36. The van der Waals surface area contributed by atoms with Crippen molar-refractivity contribution in [1.29, 1.82) is 0 Å². The predicted octanol–water partition coefficient (Wildman–Crippen LogP) is 3.39. The lowest BCUT2D eigenvalue weighted by Gasteiger charge is -2.19. The van der Waals surface area contributed by atoms with Gasteiger partial charge in [-0.15, -0.1) is 0 Å². The molecular weight excluding hydrogens is 302 g/mol. The van der Waals surface area contributed by atoms with Crippen molar-refractivity contribution >= 4 is 6.08 Å². The Morgan fingerprint density at radius 3 is 2.42 bits per heavy atom. The Bertz CT molecular complexity index is 611. The summed E-state index contributed by atoms with van der Waals surface area (Å²) < 4.78 is 10.9. The van der Waals surface area contributed by atoms with Crippen molar-refractivity contribution in [1.82, 2.24) is 5.32 Å². The van der Waals surface area contributed by atoms with Crippen LogP contribution in [0.4, 0.5) is 0 Å². The molecule has 0 fully saturated rings. The lowest BCUT2D eigenvalue weighted by molar-refractivity contribution is -0.0350. The summed E-state index contributed by atoms with van der Waals surface area (Å²) >= 11 is 0. The summed E-state index contributed by atoms with van der Waals surface area (Å²) in [7, 11) is 3.40. The first kappa shape index (κ1) is 18.2. The van der Waals surface area contributed by atoms with Crippen LogP contribution in [-0.2, 0) is 4.74 Å². The maximum Gasteiger partial charge on any atom is 0.174 e. The molecule has 4 heteroatoms. The zero-order valence-electron chi connectivity index (χ0n) is 14.2. The summed E-state index contributed by atoms with van der Waals surface area (Å²) in [4.78, 5) is 0. The van der Waals surface area contributed by atoms with E-state index < -0.39 is 6.29 Å². The lowest BCUT2D eigenvalue weighted by atomic mass is 10.1. The topological polar surface area (TPSA) is 50.7 Å². The van der Waals surface area contributed by atoms with Gasteiger partial charge in [-0.2, -0.15) is 0 Å². The molecule has 0 aliphatic rings. The number of nitrogens with one attached hydrogen (secondary N) is 1. The number of hydrogen-bond donors (Lipinski definition) is 2. The molecule has 0 saturated carbocycles. The van der Waals surface area contributed by atoms with Crippen molar-refractivity contribution < 1.29 is 14.6 Å². The molecule has 0 aromatic heterocycles. The van der Waals surface area contributed by atoms with Gasteiger partial charge in [-0.3, -0.25) is 0 Å². The first-order valence-electron chi connectivity index (χ1n) is 8.08. The van der Waals surface area contributed by atoms with Crippen molar-refractivity contribution in [2.45, 2.75) is 18.8 Å². The molecule has 2 N–H and O–H groups in total. The Hall–Kier alpha value is -2.14. The molecule has 128 valence electrons. The molecule has 0 aliphatic carbocycles. The van der Waals surface area contributed by atoms with Crippen LogP contribution in [0.15, 0.2) is 60.7 Å². The van der Waals surface area contributed by atoms with E-state index in [2.05, 4.69) is 17.4 Å². The summed E-state index contributed by atoms with van der Waals surface area (Å²) in [6.45, 7) is 0.884. The third-order valence-electron chi connectivity index (χ3n) is 3.68. The van der Waals surface area contributed by atoms with Crippen molar-refractivity contribution in [3.05, 3.63) is 71.8 Å². The van der Waals surface area contributed by atoms with Crippen LogP contribution in [0.1, 0.15) is 23.7 Å². The minimum Gasteiger partial charge on any atom is -0.486 e. The van der Waals surface area contributed by atoms with Crippen molar-refractivity contribution in [2.75, 3.05) is 20.7 Å². The van der Waals surface area contributed by atoms with Crippen LogP contribution in [-0.4, -0.2) is 32.1 Å². The Morgan fingerprint density at radius 2 is 1.79 bits per heavy atom. The molecule has 0 bridgehead atoms. The van der Waals surface area contributed by atoms with Crippen LogP contribution in [0.5, 0.6) is 5.75 Å². The molecule has 0 amide bonds. The van der Waals surface area contributed by atoms with Crippen LogP contribution in [0.3, 0.4) is 0 Å². The Kier molecular flexibility index (Phi) is 7.49. The van der Waals surface area contributed by atoms with Crippen molar-refractivity contribution in [3.8, 4) is 5.75 Å². The minimum atomic E-state index is -0.884. The number of rotatable bonds is 9. The fourth-order valence-electron chi connectivity index (χ4n) is 2.33. The number of benzene rings is 2. The second-order valence-electron chi connectivity index (χ2n) is 5.46. The molecule has 24 heavy (non-hydrogen) atoms. The zero-order chi connectivity index (χ0) is 17.2. The van der Waals surface area contributed by atoms with Crippen LogP contribution < -0.4 is 10.1 Å². The maximum atomic E-state index is 9.36. The molecule has 2 aromatic carbocycles. The Labute approximate surface area is 143 Å². The molecule has 0 aliphatic heterocycles. The fraction of sp³-hybridized carbons (Fsp3) is 0.300. The van der Waals surface area contributed by atoms with E-state index in [9.17, 15) is 5.11 Å². The third-order valence-corrected chi connectivity index (χ3v) is 3.68. The van der Waals surface area contributed by atoms with E-state index in [4.69, 9.17) is 9.47 Å². The summed E-state index contributed by atoms with van der Waals surface area (Å²) in [5.41, 5.74) is 2.14. The molecule has 2 rings (SSSR count). The van der Waals surface area contributed by atoms with Crippen LogP contribution >= 0.6 is 0 Å². The van der Waals surface area contributed by atoms with Gasteiger partial charge in [0.25, 0.3) is 0 Å². The van der Waals surface area contributed by atoms with Crippen molar-refractivity contribution in [3.63, 3.8) is 0 Å². The lowest BCUT2D eigenvalue weighted by Crippen LogP contribution is -2.16. The highest BCUT2D eigenvalue weighted by Crippen LogP contribution is 2.25. The number of ether oxygens (including phenoxy) is 2. The van der Waals surface area contributed by atoms with E-state index >= 15 is 0 Å². The molecule has 0 radical (unpaired) electrons. The second kappa shape index (κ2) is 9.88. The van der Waals surface area contributed by atoms with E-state index in [1.54, 1.807) is 6.08 Å². The molecule has 0 spiro atoms. The van der Waals surface area contributed by atoms with Gasteiger partial charge in [0.05, 0.1) is 0 Å². The van der Waals surface area contributed by atoms with Crippen LogP contribution in [0.2, 0.25) is 0 Å². The Morgan fingerprint density at radius 1 is 1.08 bits per heavy atom. The highest BCUT2D eigenvalue weighted by atomic mass is 16.6. The summed E-state index contributed by atoms with van der Waals surface area (Å²) in [6, 6.07) is 18.0. The number of aliphatic hydroxyl groups is 1. The average Bonchev–Trinajstić information content (AvgIpc) is 2.64. The smallest absolute Gasteiger partial charge is 0.174 e. The first-order valence-corrected chi connectivity index (χ1v) is 8.08. The summed E-state index contributed by atoms with van der Waals surface area (Å²) in [5, 5.41) is 12.5. The summed E-state index contributed by atoms with van der Waals surface area (Å²) in [6.07, 6.45) is 3.42. The monoisotopic (exact) mass is 327 g/mol. The molecule has 0 heterocycles. The van der Waals surface area contributed by atoms with Gasteiger partial charge in [0.15, 0.2) is 6.29 Å². The molecule has 2 aromatic rings. The summed E-state index contributed by atoms with van der Waals surface area (Å²) in [5.74, 6) is 0.824. The van der Waals surface area contributed by atoms with Gasteiger partial charge >= 0.3 is 0 Å². The van der Waals surface area contributed by atoms with Gasteiger partial charge in [0, 0.05) is 13.5 Å². The quantitative estimate of drug-likeness (QED) is 0.693. The normalized spacial score (nSPS) is 13.8. The zero-order valence-corrected chi connectivity index (χ0v) is 14.2. The molecule has 4 nitrogen and oxygen atoms in total. The molecule has 2 atom stereocenters. The molecule has 0 saturated heterocycles. The van der Waals surface area contributed by atoms with E-state index in [1.165, 1.54) is 12.7 Å². The van der Waals surface area contributed by atoms with Crippen LogP contribution in [0, 0.1) is 0 Å².